The molecular weight excluding hydrogens is 388 g/mol. The Bertz CT molecular complexity index is 1130. The Kier molecular flexibility index (Phi) is 5.98. The van der Waals surface area contributed by atoms with Crippen molar-refractivity contribution in [2.75, 3.05) is 12.4 Å². The van der Waals surface area contributed by atoms with Crippen molar-refractivity contribution >= 4 is 28.2 Å². The molecule has 7 heteroatoms. The van der Waals surface area contributed by atoms with Crippen LogP contribution in [0.15, 0.2) is 47.4 Å². The van der Waals surface area contributed by atoms with Gasteiger partial charge in [0.05, 0.1) is 7.11 Å². The second kappa shape index (κ2) is 8.45. The molecule has 0 aliphatic carbocycles. The molecular formula is C22H22N2O4S. The minimum Gasteiger partial charge on any atom is -0.465 e. The van der Waals surface area contributed by atoms with Crippen LogP contribution in [0, 0.1) is 20.8 Å². The number of amides is 1. The lowest BCUT2D eigenvalue weighted by Crippen LogP contribution is -2.28. The van der Waals surface area contributed by atoms with Gasteiger partial charge in [0.15, 0.2) is 0 Å². The van der Waals surface area contributed by atoms with Crippen LogP contribution < -0.4 is 10.9 Å². The Hall–Kier alpha value is -3.19. The first-order valence-corrected chi connectivity index (χ1v) is 9.88. The number of aryl methyl sites for hydroxylation is 3. The highest BCUT2D eigenvalue weighted by molar-refractivity contribution is 7.17. The third-order valence-electron chi connectivity index (χ3n) is 4.59. The Balaban J connectivity index is 1.97. The van der Waals surface area contributed by atoms with Crippen LogP contribution >= 0.6 is 11.3 Å². The van der Waals surface area contributed by atoms with Gasteiger partial charge in [0.25, 0.3) is 5.56 Å². The second-order valence-electron chi connectivity index (χ2n) is 6.77. The molecule has 0 saturated heterocycles. The summed E-state index contributed by atoms with van der Waals surface area (Å²) in [6.07, 6.45) is 1.56. The zero-order chi connectivity index (χ0) is 21.1. The number of esters is 1. The molecule has 3 rings (SSSR count). The van der Waals surface area contributed by atoms with Crippen molar-refractivity contribution in [3.8, 4) is 11.1 Å². The molecule has 0 aliphatic rings. The van der Waals surface area contributed by atoms with E-state index in [9.17, 15) is 14.4 Å². The lowest BCUT2D eigenvalue weighted by molar-refractivity contribution is -0.116. The summed E-state index contributed by atoms with van der Waals surface area (Å²) in [5, 5.41) is 3.19. The number of anilines is 1. The molecule has 29 heavy (non-hydrogen) atoms. The Morgan fingerprint density at radius 3 is 2.45 bits per heavy atom. The van der Waals surface area contributed by atoms with Gasteiger partial charge in [0.1, 0.15) is 17.1 Å². The molecule has 0 saturated carbocycles. The van der Waals surface area contributed by atoms with Gasteiger partial charge < -0.3 is 14.6 Å². The Morgan fingerprint density at radius 1 is 1.10 bits per heavy atom. The number of pyridine rings is 1. The molecule has 0 spiro atoms. The van der Waals surface area contributed by atoms with E-state index in [2.05, 4.69) is 5.32 Å². The van der Waals surface area contributed by atoms with Gasteiger partial charge in [-0.25, -0.2) is 4.79 Å². The summed E-state index contributed by atoms with van der Waals surface area (Å²) < 4.78 is 6.31. The maximum absolute atomic E-state index is 12.6. The van der Waals surface area contributed by atoms with Crippen LogP contribution in [-0.4, -0.2) is 23.6 Å². The number of hydrogen-bond acceptors (Lipinski definition) is 5. The van der Waals surface area contributed by atoms with Crippen LogP contribution in [0.25, 0.3) is 11.1 Å². The molecule has 0 atom stereocenters. The molecule has 2 aromatic heterocycles. The van der Waals surface area contributed by atoms with Gasteiger partial charge in [-0.3, -0.25) is 9.59 Å². The average Bonchev–Trinajstić information content (AvgIpc) is 3.01. The average molecular weight is 410 g/mol. The number of nitrogens with one attached hydrogen (secondary N) is 1. The number of aromatic nitrogens is 1. The van der Waals surface area contributed by atoms with Crippen molar-refractivity contribution in [2.24, 2.45) is 0 Å². The Labute approximate surface area is 172 Å². The molecule has 0 bridgehead atoms. The fourth-order valence-electron chi connectivity index (χ4n) is 3.10. The standard InChI is InChI=1S/C22H22N2O4S/c1-13-7-9-16(10-8-13)18-15(3)29-20(19(18)22(27)28-4)23-17(25)12-24-11-5-6-14(2)21(24)26/h5-11H,12H2,1-4H3,(H,23,25). The number of hydrogen-bond donors (Lipinski definition) is 1. The van der Waals surface area contributed by atoms with Gasteiger partial charge in [-0.05, 0) is 32.4 Å². The van der Waals surface area contributed by atoms with Crippen molar-refractivity contribution in [2.45, 2.75) is 27.3 Å². The first-order valence-electron chi connectivity index (χ1n) is 9.06. The summed E-state index contributed by atoms with van der Waals surface area (Å²) in [7, 11) is 1.31. The smallest absolute Gasteiger partial charge is 0.341 e. The third-order valence-corrected chi connectivity index (χ3v) is 5.61. The van der Waals surface area contributed by atoms with E-state index in [-0.39, 0.29) is 18.0 Å². The van der Waals surface area contributed by atoms with Gasteiger partial charge in [0.2, 0.25) is 5.91 Å². The van der Waals surface area contributed by atoms with E-state index in [0.29, 0.717) is 16.1 Å². The van der Waals surface area contributed by atoms with Crippen molar-refractivity contribution in [1.29, 1.82) is 0 Å². The number of benzene rings is 1. The van der Waals surface area contributed by atoms with Crippen LogP contribution in [0.5, 0.6) is 0 Å². The maximum Gasteiger partial charge on any atom is 0.341 e. The first kappa shape index (κ1) is 20.5. The monoisotopic (exact) mass is 410 g/mol. The highest BCUT2D eigenvalue weighted by Crippen LogP contribution is 2.40. The molecule has 2 heterocycles. The number of thiophene rings is 1. The molecule has 1 N–H and O–H groups in total. The fourth-order valence-corrected chi connectivity index (χ4v) is 4.18. The predicted octanol–water partition coefficient (Wildman–Crippen LogP) is 3.93. The van der Waals surface area contributed by atoms with E-state index in [0.717, 1.165) is 21.6 Å². The molecule has 0 fully saturated rings. The minimum atomic E-state index is -0.520. The lowest BCUT2D eigenvalue weighted by atomic mass is 10.0. The number of carbonyl (C=O) groups is 2. The zero-order valence-corrected chi connectivity index (χ0v) is 17.6. The quantitative estimate of drug-likeness (QED) is 0.647. The minimum absolute atomic E-state index is 0.141. The summed E-state index contributed by atoms with van der Waals surface area (Å²) in [6, 6.07) is 11.2. The normalized spacial score (nSPS) is 10.6. The summed E-state index contributed by atoms with van der Waals surface area (Å²) in [6.45, 7) is 5.44. The number of ether oxygens (including phenoxy) is 1. The topological polar surface area (TPSA) is 77.4 Å². The maximum atomic E-state index is 12.6. The highest BCUT2D eigenvalue weighted by Gasteiger charge is 2.25. The van der Waals surface area contributed by atoms with Gasteiger partial charge >= 0.3 is 5.97 Å². The molecule has 6 nitrogen and oxygen atoms in total. The van der Waals surface area contributed by atoms with Gasteiger partial charge in [-0.2, -0.15) is 0 Å². The van der Waals surface area contributed by atoms with E-state index >= 15 is 0 Å². The predicted molar refractivity (Wildman–Crippen MR) is 115 cm³/mol. The van der Waals surface area contributed by atoms with E-state index in [1.54, 1.807) is 25.3 Å². The van der Waals surface area contributed by atoms with Crippen LogP contribution in [0.1, 0.15) is 26.4 Å². The lowest BCUT2D eigenvalue weighted by Gasteiger charge is -2.09. The van der Waals surface area contributed by atoms with Crippen molar-refractivity contribution in [1.82, 2.24) is 4.57 Å². The highest BCUT2D eigenvalue weighted by atomic mass is 32.1. The van der Waals surface area contributed by atoms with E-state index < -0.39 is 5.97 Å². The second-order valence-corrected chi connectivity index (χ2v) is 7.99. The third kappa shape index (κ3) is 4.30. The SMILES string of the molecule is COC(=O)c1c(NC(=O)Cn2cccc(C)c2=O)sc(C)c1-c1ccc(C)cc1. The number of rotatable bonds is 5. The molecule has 3 aromatic rings. The molecule has 0 radical (unpaired) electrons. The largest absolute Gasteiger partial charge is 0.465 e. The fraction of sp³-hybridized carbons (Fsp3) is 0.227. The van der Waals surface area contributed by atoms with Gasteiger partial charge in [-0.15, -0.1) is 11.3 Å². The van der Waals surface area contributed by atoms with Crippen LogP contribution in [0.4, 0.5) is 5.00 Å². The molecule has 0 unspecified atom stereocenters. The van der Waals surface area contributed by atoms with Gasteiger partial charge in [0, 0.05) is 22.2 Å². The van der Waals surface area contributed by atoms with E-state index in [1.807, 2.05) is 38.1 Å². The number of methoxy groups -OCH3 is 1. The zero-order valence-electron chi connectivity index (χ0n) is 16.7. The van der Waals surface area contributed by atoms with Crippen molar-refractivity contribution in [3.63, 3.8) is 0 Å². The summed E-state index contributed by atoms with van der Waals surface area (Å²) >= 11 is 1.31. The summed E-state index contributed by atoms with van der Waals surface area (Å²) in [5.41, 5.74) is 3.38. The number of nitrogens with zero attached hydrogens (tertiary/aromatic N) is 1. The van der Waals surface area contributed by atoms with Crippen LogP contribution in [0.2, 0.25) is 0 Å². The van der Waals surface area contributed by atoms with Crippen LogP contribution in [0.3, 0.4) is 0 Å². The van der Waals surface area contributed by atoms with E-state index in [4.69, 9.17) is 4.74 Å². The molecule has 1 aromatic carbocycles. The van der Waals surface area contributed by atoms with E-state index in [1.165, 1.54) is 23.0 Å². The summed E-state index contributed by atoms with van der Waals surface area (Å²) in [5.74, 6) is -0.910. The molecule has 0 aliphatic heterocycles. The first-order chi connectivity index (χ1) is 13.8. The van der Waals surface area contributed by atoms with Crippen molar-refractivity contribution < 1.29 is 14.3 Å². The summed E-state index contributed by atoms with van der Waals surface area (Å²) in [4.78, 5) is 38.2. The molecule has 1 amide bonds. The Morgan fingerprint density at radius 2 is 1.79 bits per heavy atom. The van der Waals surface area contributed by atoms with Gasteiger partial charge in [-0.1, -0.05) is 35.9 Å². The van der Waals surface area contributed by atoms with Crippen molar-refractivity contribution in [3.05, 3.63) is 74.5 Å². The molecule has 150 valence electrons. The number of carbonyl (C=O) groups excluding carboxylic acids is 2. The van der Waals surface area contributed by atoms with Crippen LogP contribution in [-0.2, 0) is 16.1 Å².